The van der Waals surface area contributed by atoms with Crippen molar-refractivity contribution in [3.05, 3.63) is 34.0 Å². The summed E-state index contributed by atoms with van der Waals surface area (Å²) >= 11 is 0. The molecule has 6 nitrogen and oxygen atoms in total. The third kappa shape index (κ3) is 2.67. The van der Waals surface area contributed by atoms with Gasteiger partial charge in [-0.15, -0.1) is 0 Å². The van der Waals surface area contributed by atoms with E-state index in [4.69, 9.17) is 4.74 Å². The minimum atomic E-state index is -1.12. The van der Waals surface area contributed by atoms with E-state index in [1.165, 1.54) is 25.4 Å². The van der Waals surface area contributed by atoms with Crippen molar-refractivity contribution in [1.82, 2.24) is 4.98 Å². The molecule has 6 heteroatoms. The zero-order chi connectivity index (χ0) is 10.6. The molecule has 0 aromatic carbocycles. The summed E-state index contributed by atoms with van der Waals surface area (Å²) in [7, 11) is 1.44. The third-order valence-electron chi connectivity index (χ3n) is 1.67. The fourth-order valence-corrected chi connectivity index (χ4v) is 0.990. The van der Waals surface area contributed by atoms with Crippen LogP contribution >= 0.6 is 0 Å². The zero-order valence-electron chi connectivity index (χ0n) is 7.58. The highest BCUT2D eigenvalue weighted by molar-refractivity contribution is 5.22. The Morgan fingerprint density at radius 2 is 2.50 bits per heavy atom. The summed E-state index contributed by atoms with van der Waals surface area (Å²) in [5, 5.41) is 19.5. The van der Waals surface area contributed by atoms with E-state index >= 15 is 0 Å². The van der Waals surface area contributed by atoms with Crippen molar-refractivity contribution < 1.29 is 14.8 Å². The Morgan fingerprint density at radius 1 is 1.79 bits per heavy atom. The van der Waals surface area contributed by atoms with Gasteiger partial charge in [-0.3, -0.25) is 10.1 Å². The van der Waals surface area contributed by atoms with Crippen molar-refractivity contribution in [2.75, 3.05) is 13.7 Å². The lowest BCUT2D eigenvalue weighted by Gasteiger charge is -2.06. The van der Waals surface area contributed by atoms with E-state index in [1.807, 2.05) is 0 Å². The predicted octanol–water partition coefficient (Wildman–Crippen LogP) is 0.400. The monoisotopic (exact) mass is 198 g/mol. The van der Waals surface area contributed by atoms with E-state index in [0.29, 0.717) is 11.4 Å². The molecule has 1 aromatic rings. The molecule has 0 saturated carbocycles. The van der Waals surface area contributed by atoms with Crippen molar-refractivity contribution in [3.63, 3.8) is 0 Å². The quantitative estimate of drug-likeness (QED) is 0.559. The van der Waals surface area contributed by atoms with Crippen LogP contribution in [0.15, 0.2) is 18.3 Å². The normalized spacial score (nSPS) is 12.1. The van der Waals surface area contributed by atoms with Crippen molar-refractivity contribution in [1.29, 1.82) is 0 Å². The first-order valence-corrected chi connectivity index (χ1v) is 3.93. The van der Waals surface area contributed by atoms with Gasteiger partial charge in [0.05, 0.1) is 7.11 Å². The molecule has 14 heavy (non-hydrogen) atoms. The highest BCUT2D eigenvalue weighted by Gasteiger charge is 2.14. The van der Waals surface area contributed by atoms with Crippen LogP contribution in [0.3, 0.4) is 0 Å². The summed E-state index contributed by atoms with van der Waals surface area (Å²) in [6.45, 7) is -0.521. The summed E-state index contributed by atoms with van der Waals surface area (Å²) in [4.78, 5) is 13.4. The van der Waals surface area contributed by atoms with Gasteiger partial charge < -0.3 is 9.84 Å². The fourth-order valence-electron chi connectivity index (χ4n) is 0.990. The van der Waals surface area contributed by atoms with Crippen molar-refractivity contribution in [2.45, 2.75) is 6.10 Å². The molecule has 0 saturated heterocycles. The Labute approximate surface area is 80.3 Å². The van der Waals surface area contributed by atoms with Gasteiger partial charge in [0.25, 0.3) is 0 Å². The number of aliphatic hydroxyl groups is 1. The number of aromatic nitrogens is 1. The molecule has 1 N–H and O–H groups in total. The first-order valence-electron chi connectivity index (χ1n) is 3.93. The molecule has 0 aliphatic heterocycles. The molecular formula is C8H10N2O4. The second-order valence-corrected chi connectivity index (χ2v) is 2.66. The molecule has 0 aliphatic rings. The molecule has 1 rings (SSSR count). The third-order valence-corrected chi connectivity index (χ3v) is 1.67. The summed E-state index contributed by atoms with van der Waals surface area (Å²) in [5.74, 6) is 0.324. The Kier molecular flexibility index (Phi) is 3.35. The van der Waals surface area contributed by atoms with Crippen LogP contribution in [-0.4, -0.2) is 28.7 Å². The van der Waals surface area contributed by atoms with Crippen LogP contribution in [0.25, 0.3) is 0 Å². The maximum atomic E-state index is 10.1. The Morgan fingerprint density at radius 3 is 3.07 bits per heavy atom. The number of hydrogen-bond donors (Lipinski definition) is 1. The maximum Gasteiger partial charge on any atom is 0.233 e. The molecule has 1 atom stereocenters. The summed E-state index contributed by atoms with van der Waals surface area (Å²) < 4.78 is 4.82. The minimum Gasteiger partial charge on any atom is -0.481 e. The van der Waals surface area contributed by atoms with Gasteiger partial charge >= 0.3 is 0 Å². The van der Waals surface area contributed by atoms with Gasteiger partial charge in [-0.2, -0.15) is 0 Å². The van der Waals surface area contributed by atoms with Crippen LogP contribution < -0.4 is 4.74 Å². The van der Waals surface area contributed by atoms with Gasteiger partial charge in [-0.05, 0) is 11.6 Å². The summed E-state index contributed by atoms with van der Waals surface area (Å²) in [6.07, 6.45) is 0.305. The lowest BCUT2D eigenvalue weighted by molar-refractivity contribution is -0.491. The van der Waals surface area contributed by atoms with Crippen molar-refractivity contribution in [2.24, 2.45) is 0 Å². The zero-order valence-corrected chi connectivity index (χ0v) is 7.58. The highest BCUT2D eigenvalue weighted by Crippen LogP contribution is 2.16. The first-order chi connectivity index (χ1) is 6.63. The molecule has 0 amide bonds. The SMILES string of the molecule is COc1cc(C(O)C[N+](=O)[O-])ccn1. The van der Waals surface area contributed by atoms with Crippen LogP contribution in [0.5, 0.6) is 5.88 Å². The number of hydrogen-bond acceptors (Lipinski definition) is 5. The molecular weight excluding hydrogens is 188 g/mol. The topological polar surface area (TPSA) is 85.5 Å². The molecule has 0 bridgehead atoms. The van der Waals surface area contributed by atoms with Crippen LogP contribution in [0.4, 0.5) is 0 Å². The number of methoxy groups -OCH3 is 1. The van der Waals surface area contributed by atoms with Gasteiger partial charge in [0, 0.05) is 17.2 Å². The second kappa shape index (κ2) is 4.52. The Bertz CT molecular complexity index is 329. The first kappa shape index (κ1) is 10.4. The molecule has 0 aliphatic carbocycles. The number of ether oxygens (including phenoxy) is 1. The highest BCUT2D eigenvalue weighted by atomic mass is 16.6. The van der Waals surface area contributed by atoms with E-state index in [-0.39, 0.29) is 0 Å². The number of nitrogens with zero attached hydrogens (tertiary/aromatic N) is 2. The van der Waals surface area contributed by atoms with Crippen LogP contribution in [0.2, 0.25) is 0 Å². The van der Waals surface area contributed by atoms with Gasteiger partial charge in [-0.1, -0.05) is 0 Å². The number of rotatable bonds is 4. The number of nitro groups is 1. The average Bonchev–Trinajstić information content (AvgIpc) is 2.17. The molecule has 0 spiro atoms. The van der Waals surface area contributed by atoms with Gasteiger partial charge in [0.1, 0.15) is 6.10 Å². The smallest absolute Gasteiger partial charge is 0.233 e. The number of pyridine rings is 1. The molecule has 1 unspecified atom stereocenters. The number of aliphatic hydroxyl groups excluding tert-OH is 1. The van der Waals surface area contributed by atoms with Gasteiger partial charge in [-0.25, -0.2) is 4.98 Å². The second-order valence-electron chi connectivity index (χ2n) is 2.66. The molecule has 1 heterocycles. The van der Waals surface area contributed by atoms with Crippen molar-refractivity contribution >= 4 is 0 Å². The van der Waals surface area contributed by atoms with E-state index in [9.17, 15) is 15.2 Å². The van der Waals surface area contributed by atoms with Crippen LogP contribution in [0.1, 0.15) is 11.7 Å². The summed E-state index contributed by atoms with van der Waals surface area (Å²) in [6, 6.07) is 2.98. The Balaban J connectivity index is 2.78. The van der Waals surface area contributed by atoms with E-state index in [1.54, 1.807) is 0 Å². The van der Waals surface area contributed by atoms with Crippen LogP contribution in [-0.2, 0) is 0 Å². The van der Waals surface area contributed by atoms with E-state index in [2.05, 4.69) is 4.98 Å². The molecule has 0 fully saturated rings. The average molecular weight is 198 g/mol. The lowest BCUT2D eigenvalue weighted by Crippen LogP contribution is -2.11. The van der Waals surface area contributed by atoms with Crippen molar-refractivity contribution in [3.8, 4) is 5.88 Å². The molecule has 76 valence electrons. The van der Waals surface area contributed by atoms with E-state index in [0.717, 1.165) is 0 Å². The lowest BCUT2D eigenvalue weighted by atomic mass is 10.1. The maximum absolute atomic E-state index is 10.1. The fraction of sp³-hybridized carbons (Fsp3) is 0.375. The molecule has 1 aromatic heterocycles. The van der Waals surface area contributed by atoms with Crippen LogP contribution in [0, 0.1) is 10.1 Å². The van der Waals surface area contributed by atoms with Gasteiger partial charge in [0.15, 0.2) is 0 Å². The largest absolute Gasteiger partial charge is 0.481 e. The standard InChI is InChI=1S/C8H10N2O4/c1-14-8-4-6(2-3-9-8)7(11)5-10(12)13/h2-4,7,11H,5H2,1H3. The summed E-state index contributed by atoms with van der Waals surface area (Å²) in [5.41, 5.74) is 0.425. The molecule has 0 radical (unpaired) electrons. The Hall–Kier alpha value is -1.69. The predicted molar refractivity (Wildman–Crippen MR) is 47.6 cm³/mol. The van der Waals surface area contributed by atoms with Gasteiger partial charge in [0.2, 0.25) is 12.4 Å². The minimum absolute atomic E-state index is 0.324. The van der Waals surface area contributed by atoms with E-state index < -0.39 is 17.6 Å².